The first-order valence-electron chi connectivity index (χ1n) is 5.63. The number of nitrogens with zero attached hydrogens (tertiary/aromatic N) is 2. The van der Waals surface area contributed by atoms with Crippen LogP contribution in [0.1, 0.15) is 0 Å². The van der Waals surface area contributed by atoms with Gasteiger partial charge in [0.15, 0.2) is 0 Å². The third-order valence-corrected chi connectivity index (χ3v) is 2.51. The van der Waals surface area contributed by atoms with E-state index in [2.05, 4.69) is 61.9 Å². The summed E-state index contributed by atoms with van der Waals surface area (Å²) in [4.78, 5) is 0. The van der Waals surface area contributed by atoms with Crippen molar-refractivity contribution in [2.45, 2.75) is 0 Å². The van der Waals surface area contributed by atoms with E-state index in [1.165, 1.54) is 11.4 Å². The highest BCUT2D eigenvalue weighted by atomic mass is 15.5. The Bertz CT molecular complexity index is 376. The molecule has 0 aromatic heterocycles. The molecule has 3 heteroatoms. The molecule has 0 spiro atoms. The first-order valence-corrected chi connectivity index (χ1v) is 5.63. The molecule has 0 fully saturated rings. The lowest BCUT2D eigenvalue weighted by molar-refractivity contribution is -0.865. The monoisotopic (exact) mass is 218 g/mol. The second-order valence-electron chi connectivity index (χ2n) is 5.24. The molecule has 1 aliphatic heterocycles. The molecule has 0 atom stereocenters. The average Bonchev–Trinajstić information content (AvgIpc) is 2.65. The Hall–Kier alpha value is -1.48. The van der Waals surface area contributed by atoms with Crippen molar-refractivity contribution < 1.29 is 4.48 Å². The Labute approximate surface area is 97.5 Å². The molecule has 0 saturated heterocycles. The van der Waals surface area contributed by atoms with Crippen LogP contribution in [0.4, 0.5) is 5.69 Å². The zero-order valence-electron chi connectivity index (χ0n) is 10.3. The van der Waals surface area contributed by atoms with Crippen molar-refractivity contribution in [1.82, 2.24) is 5.43 Å². The number of para-hydroxylation sites is 1. The quantitative estimate of drug-likeness (QED) is 0.775. The van der Waals surface area contributed by atoms with Gasteiger partial charge in [-0.15, -0.1) is 0 Å². The van der Waals surface area contributed by atoms with E-state index >= 15 is 0 Å². The van der Waals surface area contributed by atoms with Gasteiger partial charge in [0.2, 0.25) is 0 Å². The lowest BCUT2D eigenvalue weighted by atomic mass is 10.3. The molecule has 0 saturated carbocycles. The molecule has 1 aromatic rings. The summed E-state index contributed by atoms with van der Waals surface area (Å²) >= 11 is 0. The normalized spacial score (nSPS) is 15.9. The van der Waals surface area contributed by atoms with Crippen LogP contribution in [0, 0.1) is 0 Å². The van der Waals surface area contributed by atoms with Gasteiger partial charge in [-0.05, 0) is 18.2 Å². The van der Waals surface area contributed by atoms with Crippen LogP contribution >= 0.6 is 0 Å². The second-order valence-corrected chi connectivity index (χ2v) is 5.24. The molecule has 86 valence electrons. The highest BCUT2D eigenvalue weighted by molar-refractivity contribution is 5.47. The highest BCUT2D eigenvalue weighted by Gasteiger charge is 2.18. The van der Waals surface area contributed by atoms with Gasteiger partial charge in [0, 0.05) is 0 Å². The molecule has 1 aromatic carbocycles. The van der Waals surface area contributed by atoms with E-state index in [4.69, 9.17) is 0 Å². The number of nitrogens with one attached hydrogen (secondary N) is 1. The predicted molar refractivity (Wildman–Crippen MR) is 67.9 cm³/mol. The molecule has 1 N–H and O–H groups in total. The zero-order chi connectivity index (χ0) is 11.6. The Balaban J connectivity index is 1.97. The molecular formula is C13H20N3+. The maximum atomic E-state index is 3.44. The Morgan fingerprint density at radius 3 is 2.50 bits per heavy atom. The largest absolute Gasteiger partial charge is 0.326 e. The maximum absolute atomic E-state index is 3.44. The van der Waals surface area contributed by atoms with E-state index in [1.54, 1.807) is 0 Å². The third kappa shape index (κ3) is 2.76. The molecule has 0 radical (unpaired) electrons. The SMILES string of the molecule is C[N+](C)(C)CC1=CCN(c2ccccc2)N1. The van der Waals surface area contributed by atoms with Crippen molar-refractivity contribution in [2.75, 3.05) is 39.2 Å². The van der Waals surface area contributed by atoms with Crippen LogP contribution in [0.25, 0.3) is 0 Å². The number of rotatable bonds is 3. The molecule has 0 bridgehead atoms. The van der Waals surface area contributed by atoms with E-state index in [1.807, 2.05) is 6.07 Å². The van der Waals surface area contributed by atoms with E-state index in [9.17, 15) is 0 Å². The summed E-state index contributed by atoms with van der Waals surface area (Å²) in [6.07, 6.45) is 2.26. The summed E-state index contributed by atoms with van der Waals surface area (Å²) < 4.78 is 0.946. The van der Waals surface area contributed by atoms with Gasteiger partial charge in [-0.1, -0.05) is 18.2 Å². The molecule has 2 rings (SSSR count). The van der Waals surface area contributed by atoms with Gasteiger partial charge >= 0.3 is 0 Å². The third-order valence-electron chi connectivity index (χ3n) is 2.51. The molecule has 0 amide bonds. The number of likely N-dealkylation sites (N-methyl/N-ethyl adjacent to an activating group) is 1. The van der Waals surface area contributed by atoms with Crippen molar-refractivity contribution in [1.29, 1.82) is 0 Å². The summed E-state index contributed by atoms with van der Waals surface area (Å²) in [5, 5.41) is 2.17. The Morgan fingerprint density at radius 2 is 1.88 bits per heavy atom. The minimum atomic E-state index is 0.944. The molecule has 3 nitrogen and oxygen atoms in total. The van der Waals surface area contributed by atoms with Crippen LogP contribution < -0.4 is 10.4 Å². The Kier molecular flexibility index (Phi) is 2.88. The fraction of sp³-hybridized carbons (Fsp3) is 0.385. The second kappa shape index (κ2) is 4.18. The van der Waals surface area contributed by atoms with Gasteiger partial charge in [0.05, 0.1) is 39.1 Å². The highest BCUT2D eigenvalue weighted by Crippen LogP contribution is 2.16. The topological polar surface area (TPSA) is 15.3 Å². The standard InChI is InChI=1S/C13H20N3/c1-16(2,3)11-12-9-10-15(14-12)13-7-5-4-6-8-13/h4-9,14H,10-11H2,1-3H3/q+1. The average molecular weight is 218 g/mol. The lowest BCUT2D eigenvalue weighted by Crippen LogP contribution is -2.41. The van der Waals surface area contributed by atoms with Crippen molar-refractivity contribution >= 4 is 5.69 Å². The van der Waals surface area contributed by atoms with Crippen molar-refractivity contribution in [3.05, 3.63) is 42.1 Å². The van der Waals surface area contributed by atoms with Crippen molar-refractivity contribution in [3.63, 3.8) is 0 Å². The first-order chi connectivity index (χ1) is 7.54. The van der Waals surface area contributed by atoms with Crippen LogP contribution in [0.3, 0.4) is 0 Å². The van der Waals surface area contributed by atoms with Gasteiger partial charge in [-0.3, -0.25) is 10.4 Å². The zero-order valence-corrected chi connectivity index (χ0v) is 10.3. The summed E-state index contributed by atoms with van der Waals surface area (Å²) in [6.45, 7) is 1.97. The number of hydrazine groups is 1. The van der Waals surface area contributed by atoms with Gasteiger partial charge in [0.1, 0.15) is 6.54 Å². The number of anilines is 1. The lowest BCUT2D eigenvalue weighted by Gasteiger charge is -2.26. The summed E-state index contributed by atoms with van der Waals surface area (Å²) in [7, 11) is 6.61. The number of hydrogen-bond acceptors (Lipinski definition) is 2. The fourth-order valence-electron chi connectivity index (χ4n) is 1.85. The number of quaternary nitrogens is 1. The Morgan fingerprint density at radius 1 is 1.19 bits per heavy atom. The van der Waals surface area contributed by atoms with Gasteiger partial charge in [0.25, 0.3) is 0 Å². The maximum Gasteiger partial charge on any atom is 0.120 e. The van der Waals surface area contributed by atoms with E-state index in [0.29, 0.717) is 0 Å². The van der Waals surface area contributed by atoms with Crippen LogP contribution in [0.15, 0.2) is 42.1 Å². The molecule has 0 aliphatic carbocycles. The van der Waals surface area contributed by atoms with Gasteiger partial charge in [-0.25, -0.2) is 0 Å². The summed E-state index contributed by atoms with van der Waals surface area (Å²) in [6, 6.07) is 10.4. The smallest absolute Gasteiger partial charge is 0.120 e. The molecule has 0 unspecified atom stereocenters. The minimum Gasteiger partial charge on any atom is -0.326 e. The molecule has 1 aliphatic rings. The van der Waals surface area contributed by atoms with Gasteiger partial charge in [-0.2, -0.15) is 0 Å². The van der Waals surface area contributed by atoms with Gasteiger partial charge < -0.3 is 4.48 Å². The number of hydrogen-bond donors (Lipinski definition) is 1. The molecule has 1 heterocycles. The number of benzene rings is 1. The molecule has 16 heavy (non-hydrogen) atoms. The fourth-order valence-corrected chi connectivity index (χ4v) is 1.85. The van der Waals surface area contributed by atoms with Crippen LogP contribution in [0.5, 0.6) is 0 Å². The van der Waals surface area contributed by atoms with E-state index in [0.717, 1.165) is 17.6 Å². The van der Waals surface area contributed by atoms with Crippen LogP contribution in [-0.2, 0) is 0 Å². The van der Waals surface area contributed by atoms with Crippen LogP contribution in [-0.4, -0.2) is 38.7 Å². The van der Waals surface area contributed by atoms with E-state index < -0.39 is 0 Å². The van der Waals surface area contributed by atoms with Crippen molar-refractivity contribution in [2.24, 2.45) is 0 Å². The first kappa shape index (κ1) is 11.0. The summed E-state index contributed by atoms with van der Waals surface area (Å²) in [5.74, 6) is 0. The molecular weight excluding hydrogens is 198 g/mol. The van der Waals surface area contributed by atoms with Crippen molar-refractivity contribution in [3.8, 4) is 0 Å². The predicted octanol–water partition coefficient (Wildman–Crippen LogP) is 1.60. The summed E-state index contributed by atoms with van der Waals surface area (Å²) in [5.41, 5.74) is 5.96. The van der Waals surface area contributed by atoms with Crippen LogP contribution in [0.2, 0.25) is 0 Å². The minimum absolute atomic E-state index is 0.944. The van der Waals surface area contributed by atoms with E-state index in [-0.39, 0.29) is 0 Å².